The molecule has 7 heteroatoms. The summed E-state index contributed by atoms with van der Waals surface area (Å²) in [5.74, 6) is 0.818. The molecule has 0 unspecified atom stereocenters. The first kappa shape index (κ1) is 17.7. The largest absolute Gasteiger partial charge is 0.386 e. The monoisotopic (exact) mass is 357 g/mol. The highest BCUT2D eigenvalue weighted by molar-refractivity contribution is 7.25. The van der Waals surface area contributed by atoms with Gasteiger partial charge in [0.2, 0.25) is 0 Å². The van der Waals surface area contributed by atoms with E-state index in [1.54, 1.807) is 31.5 Å². The van der Waals surface area contributed by atoms with Crippen LogP contribution in [0.4, 0.5) is 5.82 Å². The van der Waals surface area contributed by atoms with E-state index >= 15 is 0 Å². The number of aliphatic hydroxyl groups is 1. The molecule has 2 N–H and O–H groups in total. The van der Waals surface area contributed by atoms with Gasteiger partial charge in [0, 0.05) is 11.9 Å². The Morgan fingerprint density at radius 1 is 1.28 bits per heavy atom. The molecule has 3 aromatic rings. The van der Waals surface area contributed by atoms with Gasteiger partial charge < -0.3 is 10.4 Å². The predicted molar refractivity (Wildman–Crippen MR) is 103 cm³/mol. The van der Waals surface area contributed by atoms with Crippen molar-refractivity contribution in [3.8, 4) is 0 Å². The van der Waals surface area contributed by atoms with Crippen molar-refractivity contribution < 1.29 is 5.11 Å². The number of anilines is 1. The van der Waals surface area contributed by atoms with Gasteiger partial charge in [-0.05, 0) is 51.7 Å². The fraction of sp³-hybridized carbons (Fsp3) is 0.444. The molecule has 0 saturated carbocycles. The van der Waals surface area contributed by atoms with Crippen molar-refractivity contribution in [2.45, 2.75) is 46.1 Å². The third-order valence-corrected chi connectivity index (χ3v) is 5.54. The summed E-state index contributed by atoms with van der Waals surface area (Å²) in [6.45, 7) is 12.2. The Morgan fingerprint density at radius 2 is 2.04 bits per heavy atom. The highest BCUT2D eigenvalue weighted by atomic mass is 32.1. The highest BCUT2D eigenvalue weighted by Gasteiger charge is 2.17. The molecule has 0 spiro atoms. The summed E-state index contributed by atoms with van der Waals surface area (Å²) in [4.78, 5) is 9.74. The van der Waals surface area contributed by atoms with Crippen molar-refractivity contribution in [3.63, 3.8) is 0 Å². The van der Waals surface area contributed by atoms with E-state index in [1.807, 2.05) is 6.92 Å². The van der Waals surface area contributed by atoms with E-state index in [9.17, 15) is 5.11 Å². The van der Waals surface area contributed by atoms with E-state index in [4.69, 9.17) is 0 Å². The number of thiophene rings is 1. The lowest BCUT2D eigenvalue weighted by Gasteiger charge is -2.20. The summed E-state index contributed by atoms with van der Waals surface area (Å²) in [6, 6.07) is 0. The predicted octanol–water partition coefficient (Wildman–Crippen LogP) is 3.77. The van der Waals surface area contributed by atoms with E-state index in [-0.39, 0.29) is 0 Å². The number of aryl methyl sites for hydroxylation is 2. The molecule has 6 nitrogen and oxygen atoms in total. The quantitative estimate of drug-likeness (QED) is 0.516. The molecule has 3 heterocycles. The fourth-order valence-electron chi connectivity index (χ4n) is 2.62. The van der Waals surface area contributed by atoms with Crippen LogP contribution in [0, 0.1) is 13.8 Å². The molecule has 0 fully saturated rings. The molecule has 0 aliphatic heterocycles. The molecule has 3 aromatic heterocycles. The Balaban J connectivity index is 1.81. The zero-order chi connectivity index (χ0) is 18.2. The normalized spacial score (nSPS) is 12.0. The second kappa shape index (κ2) is 6.65. The maximum atomic E-state index is 9.92. The van der Waals surface area contributed by atoms with Crippen LogP contribution in [0.5, 0.6) is 0 Å². The number of hydrogen-bond acceptors (Lipinski definition) is 7. The molecule has 0 aromatic carbocycles. The van der Waals surface area contributed by atoms with Gasteiger partial charge in [0.1, 0.15) is 17.0 Å². The van der Waals surface area contributed by atoms with Gasteiger partial charge in [0.15, 0.2) is 0 Å². The molecular formula is C18H23N5OS. The zero-order valence-corrected chi connectivity index (χ0v) is 15.9. The third-order valence-electron chi connectivity index (χ3n) is 4.47. The molecule has 0 bridgehead atoms. The summed E-state index contributed by atoms with van der Waals surface area (Å²) < 4.78 is 1.00. The number of nitrogens with one attached hydrogen (secondary N) is 1. The second-order valence-electron chi connectivity index (χ2n) is 6.79. The Kier molecular flexibility index (Phi) is 4.71. The molecule has 0 radical (unpaired) electrons. The van der Waals surface area contributed by atoms with Crippen molar-refractivity contribution in [2.75, 3.05) is 11.9 Å². The van der Waals surface area contributed by atoms with E-state index in [1.165, 1.54) is 0 Å². The topological polar surface area (TPSA) is 83.8 Å². The summed E-state index contributed by atoms with van der Waals surface area (Å²) >= 11 is 1.56. The first-order valence-electron chi connectivity index (χ1n) is 8.30. The Hall–Kier alpha value is -2.12. The van der Waals surface area contributed by atoms with Crippen molar-refractivity contribution in [2.24, 2.45) is 0 Å². The molecule has 3 rings (SSSR count). The molecule has 0 saturated heterocycles. The lowest BCUT2D eigenvalue weighted by molar-refractivity contribution is 0.116. The van der Waals surface area contributed by atoms with Crippen LogP contribution in [-0.4, -0.2) is 37.4 Å². The molecule has 0 aliphatic rings. The van der Waals surface area contributed by atoms with Crippen molar-refractivity contribution in [1.29, 1.82) is 0 Å². The lowest BCUT2D eigenvalue weighted by atomic mass is 9.96. The maximum absolute atomic E-state index is 9.92. The third kappa shape index (κ3) is 3.48. The van der Waals surface area contributed by atoms with E-state index in [0.29, 0.717) is 0 Å². The molecule has 0 atom stereocenters. The number of rotatable bonds is 6. The Labute approximate surface area is 151 Å². The van der Waals surface area contributed by atoms with Crippen molar-refractivity contribution in [3.05, 3.63) is 29.7 Å². The minimum absolute atomic E-state index is 0.749. The van der Waals surface area contributed by atoms with Crippen molar-refractivity contribution >= 4 is 37.6 Å². The van der Waals surface area contributed by atoms with Gasteiger partial charge in [-0.15, -0.1) is 16.4 Å². The smallest absolute Gasteiger partial charge is 0.149 e. The Bertz CT molecular complexity index is 942. The number of fused-ring (bicyclic) bond motifs is 3. The molecular weight excluding hydrogens is 334 g/mol. The molecule has 0 amide bonds. The average Bonchev–Trinajstić information content (AvgIpc) is 2.94. The van der Waals surface area contributed by atoms with Gasteiger partial charge in [-0.2, -0.15) is 5.10 Å². The van der Waals surface area contributed by atoms with Crippen LogP contribution in [0.3, 0.4) is 0 Å². The van der Waals surface area contributed by atoms with Gasteiger partial charge in [0.25, 0.3) is 0 Å². The van der Waals surface area contributed by atoms with Gasteiger partial charge in [-0.1, -0.05) is 6.58 Å². The van der Waals surface area contributed by atoms with Gasteiger partial charge in [-0.3, -0.25) is 0 Å². The number of hydrogen-bond donors (Lipinski definition) is 2. The first-order valence-corrected chi connectivity index (χ1v) is 9.12. The van der Waals surface area contributed by atoms with E-state index in [0.717, 1.165) is 62.5 Å². The molecule has 25 heavy (non-hydrogen) atoms. The standard InChI is InChI=1S/C18H23N5OS/c1-10(18(4,5)24)7-6-8-19-16-15-14(20-9-21-16)13-11(2)12(3)22-23-17(13)25-15/h9,24H,1,6-8H2,2-5H3,(H,19,20,21). The van der Waals surface area contributed by atoms with Gasteiger partial charge >= 0.3 is 0 Å². The van der Waals surface area contributed by atoms with Crippen LogP contribution in [0.15, 0.2) is 18.5 Å². The zero-order valence-electron chi connectivity index (χ0n) is 15.1. The van der Waals surface area contributed by atoms with Crippen LogP contribution in [0.25, 0.3) is 20.4 Å². The van der Waals surface area contributed by atoms with Gasteiger partial charge in [-0.25, -0.2) is 9.97 Å². The minimum Gasteiger partial charge on any atom is -0.386 e. The number of nitrogens with zero attached hydrogens (tertiary/aromatic N) is 4. The fourth-order valence-corrected chi connectivity index (χ4v) is 3.72. The van der Waals surface area contributed by atoms with Crippen molar-refractivity contribution in [1.82, 2.24) is 20.2 Å². The minimum atomic E-state index is -0.832. The average molecular weight is 357 g/mol. The van der Waals surface area contributed by atoms with Crippen LogP contribution in [0.1, 0.15) is 37.9 Å². The van der Waals surface area contributed by atoms with Crippen LogP contribution >= 0.6 is 11.3 Å². The SMILES string of the molecule is C=C(CCCNc1ncnc2c1sc1nnc(C)c(C)c12)C(C)(C)O. The lowest BCUT2D eigenvalue weighted by Crippen LogP contribution is -2.21. The van der Waals surface area contributed by atoms with Crippen LogP contribution in [0.2, 0.25) is 0 Å². The van der Waals surface area contributed by atoms with Gasteiger partial charge in [0.05, 0.1) is 21.5 Å². The highest BCUT2D eigenvalue weighted by Crippen LogP contribution is 2.36. The summed E-state index contributed by atoms with van der Waals surface area (Å²) in [6.07, 6.45) is 3.22. The van der Waals surface area contributed by atoms with Crippen LogP contribution < -0.4 is 5.32 Å². The Morgan fingerprint density at radius 3 is 2.76 bits per heavy atom. The van der Waals surface area contributed by atoms with E-state index in [2.05, 4.69) is 39.0 Å². The van der Waals surface area contributed by atoms with E-state index < -0.39 is 5.60 Å². The first-order chi connectivity index (χ1) is 11.8. The molecule has 0 aliphatic carbocycles. The van der Waals surface area contributed by atoms with Crippen LogP contribution in [-0.2, 0) is 0 Å². The maximum Gasteiger partial charge on any atom is 0.149 e. The number of aromatic nitrogens is 4. The summed E-state index contributed by atoms with van der Waals surface area (Å²) in [5.41, 5.74) is 2.97. The summed E-state index contributed by atoms with van der Waals surface area (Å²) in [5, 5.41) is 22.9. The molecule has 132 valence electrons. The summed E-state index contributed by atoms with van der Waals surface area (Å²) in [7, 11) is 0. The second-order valence-corrected chi connectivity index (χ2v) is 7.78.